The molecule has 5 nitrogen and oxygen atoms in total. The quantitative estimate of drug-likeness (QED) is 0.650. The lowest BCUT2D eigenvalue weighted by molar-refractivity contribution is -0.123. The average molecular weight is 361 g/mol. The molecule has 0 aliphatic rings. The molecule has 2 heterocycles. The molecule has 7 heteroatoms. The number of nitrogens with one attached hydrogen (secondary N) is 1. The van der Waals surface area contributed by atoms with Gasteiger partial charge >= 0.3 is 0 Å². The maximum absolute atomic E-state index is 14.2. The van der Waals surface area contributed by atoms with Gasteiger partial charge in [-0.25, -0.2) is 9.37 Å². The molecule has 25 heavy (non-hydrogen) atoms. The summed E-state index contributed by atoms with van der Waals surface area (Å²) >= 11 is 1.37. The SMILES string of the molecule is CCCCNC(=O)COc1nc(CC)nc2c1sc1cccc(F)c12. The minimum Gasteiger partial charge on any atom is -0.466 e. The van der Waals surface area contributed by atoms with Gasteiger partial charge in [0.25, 0.3) is 5.91 Å². The number of carbonyl (C=O) groups is 1. The highest BCUT2D eigenvalue weighted by atomic mass is 32.1. The van der Waals surface area contributed by atoms with Crippen molar-refractivity contribution in [3.63, 3.8) is 0 Å². The molecular formula is C18H20FN3O2S. The smallest absolute Gasteiger partial charge is 0.258 e. The predicted molar refractivity (Wildman–Crippen MR) is 97.7 cm³/mol. The summed E-state index contributed by atoms with van der Waals surface area (Å²) in [5.41, 5.74) is 0.548. The van der Waals surface area contributed by atoms with Crippen LogP contribution in [0, 0.1) is 5.82 Å². The first-order valence-corrected chi connectivity index (χ1v) is 9.22. The third-order valence-corrected chi connectivity index (χ3v) is 4.95. The van der Waals surface area contributed by atoms with E-state index in [0.717, 1.165) is 17.5 Å². The van der Waals surface area contributed by atoms with Crippen LogP contribution in [0.15, 0.2) is 18.2 Å². The number of carbonyl (C=O) groups excluding carboxylic acids is 1. The molecule has 0 fully saturated rings. The number of aromatic nitrogens is 2. The van der Waals surface area contributed by atoms with E-state index in [9.17, 15) is 9.18 Å². The summed E-state index contributed by atoms with van der Waals surface area (Å²) in [6.45, 7) is 4.50. The zero-order valence-corrected chi connectivity index (χ0v) is 15.1. The minimum atomic E-state index is -0.312. The second kappa shape index (κ2) is 7.74. The summed E-state index contributed by atoms with van der Waals surface area (Å²) < 4.78 is 21.3. The van der Waals surface area contributed by atoms with Crippen LogP contribution < -0.4 is 10.1 Å². The summed E-state index contributed by atoms with van der Waals surface area (Å²) in [6.07, 6.45) is 2.54. The normalized spacial score (nSPS) is 11.2. The molecule has 0 aliphatic heterocycles. The number of hydrogen-bond donors (Lipinski definition) is 1. The number of fused-ring (bicyclic) bond motifs is 3. The highest BCUT2D eigenvalue weighted by Gasteiger charge is 2.17. The van der Waals surface area contributed by atoms with Gasteiger partial charge in [-0.05, 0) is 18.6 Å². The zero-order valence-electron chi connectivity index (χ0n) is 14.3. The maximum atomic E-state index is 14.2. The average Bonchev–Trinajstić information content (AvgIpc) is 2.99. The Morgan fingerprint density at radius 3 is 2.92 bits per heavy atom. The Morgan fingerprint density at radius 2 is 2.16 bits per heavy atom. The Bertz CT molecular complexity index is 910. The molecule has 0 bridgehead atoms. The number of nitrogens with zero attached hydrogens (tertiary/aromatic N) is 2. The van der Waals surface area contributed by atoms with Crippen molar-refractivity contribution in [3.8, 4) is 5.88 Å². The first-order valence-electron chi connectivity index (χ1n) is 8.41. The van der Waals surface area contributed by atoms with Crippen LogP contribution in [0.25, 0.3) is 20.3 Å². The summed E-state index contributed by atoms with van der Waals surface area (Å²) in [4.78, 5) is 20.7. The number of hydrogen-bond acceptors (Lipinski definition) is 5. The van der Waals surface area contributed by atoms with Crippen LogP contribution in [0.4, 0.5) is 4.39 Å². The van der Waals surface area contributed by atoms with Gasteiger partial charge < -0.3 is 10.1 Å². The molecule has 3 aromatic rings. The first kappa shape index (κ1) is 17.5. The van der Waals surface area contributed by atoms with E-state index in [4.69, 9.17) is 4.74 Å². The van der Waals surface area contributed by atoms with E-state index in [1.165, 1.54) is 17.4 Å². The second-order valence-corrected chi connectivity index (χ2v) is 6.74. The number of amides is 1. The summed E-state index contributed by atoms with van der Waals surface area (Å²) in [5, 5.41) is 3.29. The van der Waals surface area contributed by atoms with Crippen LogP contribution in [0.5, 0.6) is 5.88 Å². The zero-order chi connectivity index (χ0) is 17.8. The van der Waals surface area contributed by atoms with Gasteiger partial charge in [-0.15, -0.1) is 11.3 Å². The first-order chi connectivity index (χ1) is 12.1. The third-order valence-electron chi connectivity index (χ3n) is 3.81. The van der Waals surface area contributed by atoms with Crippen LogP contribution in [-0.2, 0) is 11.2 Å². The standard InChI is InChI=1S/C18H20FN3O2S/c1-3-5-9-20-14(23)10-24-18-17-16(21-13(4-2)22-18)15-11(19)7-6-8-12(15)25-17/h6-8H,3-5,9-10H2,1-2H3,(H,20,23). The monoisotopic (exact) mass is 361 g/mol. The fraction of sp³-hybridized carbons (Fsp3) is 0.389. The van der Waals surface area contributed by atoms with E-state index < -0.39 is 0 Å². The molecule has 0 unspecified atom stereocenters. The second-order valence-electron chi connectivity index (χ2n) is 5.68. The largest absolute Gasteiger partial charge is 0.466 e. The Balaban J connectivity index is 1.93. The van der Waals surface area contributed by atoms with Gasteiger partial charge in [-0.3, -0.25) is 4.79 Å². The van der Waals surface area contributed by atoms with Crippen molar-refractivity contribution in [2.75, 3.05) is 13.2 Å². The van der Waals surface area contributed by atoms with Crippen LogP contribution in [0.3, 0.4) is 0 Å². The summed E-state index contributed by atoms with van der Waals surface area (Å²) in [7, 11) is 0. The number of rotatable bonds is 7. The van der Waals surface area contributed by atoms with E-state index in [-0.39, 0.29) is 18.3 Å². The van der Waals surface area contributed by atoms with Crippen molar-refractivity contribution in [3.05, 3.63) is 29.8 Å². The molecule has 0 saturated carbocycles. The summed E-state index contributed by atoms with van der Waals surface area (Å²) in [6, 6.07) is 4.93. The Morgan fingerprint density at radius 1 is 1.32 bits per heavy atom. The summed E-state index contributed by atoms with van der Waals surface area (Å²) in [5.74, 6) is 0.406. The van der Waals surface area contributed by atoms with Crippen LogP contribution in [-0.4, -0.2) is 29.0 Å². The molecule has 132 valence electrons. The third kappa shape index (κ3) is 3.71. The van der Waals surface area contributed by atoms with Crippen molar-refractivity contribution < 1.29 is 13.9 Å². The number of halogens is 1. The highest BCUT2D eigenvalue weighted by Crippen LogP contribution is 2.38. The molecule has 0 atom stereocenters. The molecule has 0 radical (unpaired) electrons. The number of unbranched alkanes of at least 4 members (excludes halogenated alkanes) is 1. The van der Waals surface area contributed by atoms with Gasteiger partial charge in [0.05, 0.1) is 10.9 Å². The minimum absolute atomic E-state index is 0.115. The van der Waals surface area contributed by atoms with E-state index >= 15 is 0 Å². The molecule has 2 aromatic heterocycles. The molecule has 3 rings (SSSR count). The molecule has 1 aromatic carbocycles. The topological polar surface area (TPSA) is 64.1 Å². The van der Waals surface area contributed by atoms with Gasteiger partial charge in [0.1, 0.15) is 16.3 Å². The molecular weight excluding hydrogens is 341 g/mol. The molecule has 1 amide bonds. The Labute approximate surface area is 149 Å². The maximum Gasteiger partial charge on any atom is 0.258 e. The van der Waals surface area contributed by atoms with Gasteiger partial charge in [0, 0.05) is 17.7 Å². The van der Waals surface area contributed by atoms with Gasteiger partial charge in [0.2, 0.25) is 5.88 Å². The highest BCUT2D eigenvalue weighted by molar-refractivity contribution is 7.26. The van der Waals surface area contributed by atoms with Crippen molar-refractivity contribution in [1.29, 1.82) is 0 Å². The molecule has 0 saturated heterocycles. The van der Waals surface area contributed by atoms with Gasteiger partial charge in [-0.1, -0.05) is 26.3 Å². The Kier molecular flexibility index (Phi) is 5.43. The number of aryl methyl sites for hydroxylation is 1. The predicted octanol–water partition coefficient (Wildman–Crippen LogP) is 3.84. The van der Waals surface area contributed by atoms with Crippen molar-refractivity contribution in [1.82, 2.24) is 15.3 Å². The van der Waals surface area contributed by atoms with E-state index in [0.29, 0.717) is 40.3 Å². The lowest BCUT2D eigenvalue weighted by Gasteiger charge is -2.08. The van der Waals surface area contributed by atoms with Crippen molar-refractivity contribution >= 4 is 37.5 Å². The lowest BCUT2D eigenvalue weighted by Crippen LogP contribution is -2.29. The van der Waals surface area contributed by atoms with Crippen LogP contribution in [0.2, 0.25) is 0 Å². The van der Waals surface area contributed by atoms with E-state index in [1.54, 1.807) is 6.07 Å². The van der Waals surface area contributed by atoms with Crippen LogP contribution in [0.1, 0.15) is 32.5 Å². The Hall–Kier alpha value is -2.28. The number of ether oxygens (including phenoxy) is 1. The number of benzene rings is 1. The van der Waals surface area contributed by atoms with E-state index in [1.807, 2.05) is 13.0 Å². The fourth-order valence-corrected chi connectivity index (χ4v) is 3.61. The lowest BCUT2D eigenvalue weighted by atomic mass is 10.2. The van der Waals surface area contributed by atoms with Gasteiger partial charge in [-0.2, -0.15) is 4.98 Å². The van der Waals surface area contributed by atoms with E-state index in [2.05, 4.69) is 22.2 Å². The van der Waals surface area contributed by atoms with Crippen molar-refractivity contribution in [2.24, 2.45) is 0 Å². The van der Waals surface area contributed by atoms with Gasteiger partial charge in [0.15, 0.2) is 6.61 Å². The molecule has 0 aliphatic carbocycles. The van der Waals surface area contributed by atoms with Crippen LogP contribution >= 0.6 is 11.3 Å². The fourth-order valence-electron chi connectivity index (χ4n) is 2.51. The molecule has 0 spiro atoms. The number of thiophene rings is 1. The van der Waals surface area contributed by atoms with Crippen molar-refractivity contribution in [2.45, 2.75) is 33.1 Å². The molecule has 1 N–H and O–H groups in total.